The molecule has 1 aromatic carbocycles. The van der Waals surface area contributed by atoms with Crippen molar-refractivity contribution in [1.82, 2.24) is 5.32 Å². The molecule has 0 radical (unpaired) electrons. The number of hydrogen-bond acceptors (Lipinski definition) is 2. The number of benzene rings is 1. The predicted octanol–water partition coefficient (Wildman–Crippen LogP) is 2.10. The lowest BCUT2D eigenvalue weighted by Crippen LogP contribution is -2.30. The molecule has 4 nitrogen and oxygen atoms in total. The minimum atomic E-state index is -4.38. The predicted molar refractivity (Wildman–Crippen MR) is 71.3 cm³/mol. The first-order valence-electron chi connectivity index (χ1n) is 6.47. The molecule has 0 saturated heterocycles. The van der Waals surface area contributed by atoms with Crippen molar-refractivity contribution >= 4 is 11.8 Å². The molecule has 0 aliphatic rings. The molecule has 1 atom stereocenters. The van der Waals surface area contributed by atoms with Crippen molar-refractivity contribution in [3.63, 3.8) is 0 Å². The SMILES string of the molecule is NC(=O)CCC(=O)NCC[C@H](c1ccccc1)C(F)(F)F. The van der Waals surface area contributed by atoms with E-state index in [2.05, 4.69) is 5.32 Å². The first kappa shape index (κ1) is 17.0. The number of halogens is 3. The van der Waals surface area contributed by atoms with Crippen LogP contribution in [0.5, 0.6) is 0 Å². The van der Waals surface area contributed by atoms with Gasteiger partial charge in [-0.15, -0.1) is 0 Å². The van der Waals surface area contributed by atoms with Crippen LogP contribution in [-0.4, -0.2) is 24.5 Å². The van der Waals surface area contributed by atoms with Gasteiger partial charge >= 0.3 is 6.18 Å². The average Bonchev–Trinajstić information content (AvgIpc) is 2.41. The second-order valence-electron chi connectivity index (χ2n) is 4.61. The summed E-state index contributed by atoms with van der Waals surface area (Å²) < 4.78 is 39.0. The number of primary amides is 1. The van der Waals surface area contributed by atoms with E-state index in [9.17, 15) is 22.8 Å². The molecule has 0 aromatic heterocycles. The van der Waals surface area contributed by atoms with E-state index < -0.39 is 23.9 Å². The molecular formula is C14H17F3N2O2. The Morgan fingerprint density at radius 2 is 1.76 bits per heavy atom. The zero-order valence-electron chi connectivity index (χ0n) is 11.3. The van der Waals surface area contributed by atoms with Crippen LogP contribution >= 0.6 is 0 Å². The van der Waals surface area contributed by atoms with Crippen LogP contribution in [0.4, 0.5) is 13.2 Å². The van der Waals surface area contributed by atoms with Gasteiger partial charge in [0.15, 0.2) is 0 Å². The van der Waals surface area contributed by atoms with Crippen LogP contribution < -0.4 is 11.1 Å². The third kappa shape index (κ3) is 6.29. The van der Waals surface area contributed by atoms with Crippen molar-refractivity contribution in [2.24, 2.45) is 5.73 Å². The molecule has 1 rings (SSSR count). The van der Waals surface area contributed by atoms with Crippen LogP contribution in [0.2, 0.25) is 0 Å². The lowest BCUT2D eigenvalue weighted by atomic mass is 9.95. The molecular weight excluding hydrogens is 285 g/mol. The Kier molecular flexibility index (Phi) is 6.20. The number of carbonyl (C=O) groups is 2. The fourth-order valence-corrected chi connectivity index (χ4v) is 1.89. The summed E-state index contributed by atoms with van der Waals surface area (Å²) in [6, 6.07) is 7.54. The summed E-state index contributed by atoms with van der Waals surface area (Å²) >= 11 is 0. The van der Waals surface area contributed by atoms with Crippen LogP contribution in [-0.2, 0) is 9.59 Å². The Morgan fingerprint density at radius 3 is 2.29 bits per heavy atom. The van der Waals surface area contributed by atoms with E-state index in [0.29, 0.717) is 0 Å². The smallest absolute Gasteiger partial charge is 0.370 e. The first-order valence-corrected chi connectivity index (χ1v) is 6.47. The van der Waals surface area contributed by atoms with Crippen LogP contribution in [0.15, 0.2) is 30.3 Å². The molecule has 21 heavy (non-hydrogen) atoms. The molecule has 0 fully saturated rings. The topological polar surface area (TPSA) is 72.2 Å². The highest BCUT2D eigenvalue weighted by Gasteiger charge is 2.40. The molecule has 0 aliphatic carbocycles. The van der Waals surface area contributed by atoms with Crippen molar-refractivity contribution in [1.29, 1.82) is 0 Å². The van der Waals surface area contributed by atoms with E-state index in [1.54, 1.807) is 18.2 Å². The number of hydrogen-bond donors (Lipinski definition) is 2. The summed E-state index contributed by atoms with van der Waals surface area (Å²) in [7, 11) is 0. The molecule has 116 valence electrons. The summed E-state index contributed by atoms with van der Waals surface area (Å²) in [5, 5.41) is 2.36. The second kappa shape index (κ2) is 7.66. The van der Waals surface area contributed by atoms with Crippen molar-refractivity contribution < 1.29 is 22.8 Å². The Bertz CT molecular complexity index is 475. The van der Waals surface area contributed by atoms with Crippen LogP contribution in [0.1, 0.15) is 30.7 Å². The van der Waals surface area contributed by atoms with Gasteiger partial charge in [0, 0.05) is 19.4 Å². The van der Waals surface area contributed by atoms with Gasteiger partial charge in [-0.25, -0.2) is 0 Å². The van der Waals surface area contributed by atoms with Gasteiger partial charge in [0.05, 0.1) is 5.92 Å². The highest BCUT2D eigenvalue weighted by atomic mass is 19.4. The third-order valence-electron chi connectivity index (χ3n) is 2.95. The van der Waals surface area contributed by atoms with E-state index in [-0.39, 0.29) is 31.4 Å². The monoisotopic (exact) mass is 302 g/mol. The Balaban J connectivity index is 2.52. The Labute approximate surface area is 120 Å². The van der Waals surface area contributed by atoms with Crippen molar-refractivity contribution in [2.45, 2.75) is 31.4 Å². The third-order valence-corrected chi connectivity index (χ3v) is 2.95. The van der Waals surface area contributed by atoms with E-state index >= 15 is 0 Å². The van der Waals surface area contributed by atoms with Gasteiger partial charge in [0.25, 0.3) is 0 Å². The number of alkyl halides is 3. The van der Waals surface area contributed by atoms with Gasteiger partial charge in [-0.05, 0) is 12.0 Å². The fourth-order valence-electron chi connectivity index (χ4n) is 1.89. The maximum Gasteiger partial charge on any atom is 0.395 e. The van der Waals surface area contributed by atoms with Crippen LogP contribution in [0.25, 0.3) is 0 Å². The van der Waals surface area contributed by atoms with Crippen LogP contribution in [0, 0.1) is 0 Å². The molecule has 0 spiro atoms. The van der Waals surface area contributed by atoms with E-state index in [0.717, 1.165) is 0 Å². The van der Waals surface area contributed by atoms with Gasteiger partial charge in [0.1, 0.15) is 0 Å². The molecule has 0 unspecified atom stereocenters. The average molecular weight is 302 g/mol. The van der Waals surface area contributed by atoms with E-state index in [4.69, 9.17) is 5.73 Å². The van der Waals surface area contributed by atoms with E-state index in [1.165, 1.54) is 12.1 Å². The number of amides is 2. The zero-order valence-corrected chi connectivity index (χ0v) is 11.3. The maximum atomic E-state index is 13.0. The molecule has 0 heterocycles. The Morgan fingerprint density at radius 1 is 1.14 bits per heavy atom. The van der Waals surface area contributed by atoms with Gasteiger partial charge in [-0.1, -0.05) is 30.3 Å². The van der Waals surface area contributed by atoms with Crippen molar-refractivity contribution in [3.05, 3.63) is 35.9 Å². The van der Waals surface area contributed by atoms with Crippen LogP contribution in [0.3, 0.4) is 0 Å². The number of carbonyl (C=O) groups excluding carboxylic acids is 2. The molecule has 7 heteroatoms. The van der Waals surface area contributed by atoms with Gasteiger partial charge in [0.2, 0.25) is 11.8 Å². The molecule has 3 N–H and O–H groups in total. The summed E-state index contributed by atoms with van der Waals surface area (Å²) in [6.07, 6.45) is -4.86. The second-order valence-corrected chi connectivity index (χ2v) is 4.61. The molecule has 0 bridgehead atoms. The number of rotatable bonds is 7. The first-order chi connectivity index (χ1) is 9.80. The summed E-state index contributed by atoms with van der Waals surface area (Å²) in [5.41, 5.74) is 5.05. The van der Waals surface area contributed by atoms with Gasteiger partial charge in [-0.3, -0.25) is 9.59 Å². The maximum absolute atomic E-state index is 13.0. The number of nitrogens with two attached hydrogens (primary N) is 1. The minimum absolute atomic E-state index is 0.114. The van der Waals surface area contributed by atoms with Gasteiger partial charge in [-0.2, -0.15) is 13.2 Å². The number of nitrogens with one attached hydrogen (secondary N) is 1. The largest absolute Gasteiger partial charge is 0.395 e. The lowest BCUT2D eigenvalue weighted by molar-refractivity contribution is -0.152. The summed E-state index contributed by atoms with van der Waals surface area (Å²) in [5.74, 6) is -2.74. The quantitative estimate of drug-likeness (QED) is 0.809. The highest BCUT2D eigenvalue weighted by Crippen LogP contribution is 2.36. The van der Waals surface area contributed by atoms with Gasteiger partial charge < -0.3 is 11.1 Å². The molecule has 2 amide bonds. The molecule has 1 aromatic rings. The lowest BCUT2D eigenvalue weighted by Gasteiger charge is -2.20. The van der Waals surface area contributed by atoms with Crippen molar-refractivity contribution in [3.8, 4) is 0 Å². The fraction of sp³-hybridized carbons (Fsp3) is 0.429. The zero-order chi connectivity index (χ0) is 15.9. The summed E-state index contributed by atoms with van der Waals surface area (Å²) in [4.78, 5) is 21.8. The highest BCUT2D eigenvalue weighted by molar-refractivity contribution is 5.82. The van der Waals surface area contributed by atoms with Crippen molar-refractivity contribution in [2.75, 3.05) is 6.54 Å². The standard InChI is InChI=1S/C14H17F3N2O2/c15-14(16,17)11(10-4-2-1-3-5-10)8-9-19-13(21)7-6-12(18)20/h1-5,11H,6-9H2,(H2,18,20)(H,19,21)/t11-/m1/s1. The Hall–Kier alpha value is -2.05. The molecule has 0 aliphatic heterocycles. The summed E-state index contributed by atoms with van der Waals surface area (Å²) in [6.45, 7) is -0.114. The minimum Gasteiger partial charge on any atom is -0.370 e. The van der Waals surface area contributed by atoms with E-state index in [1.807, 2.05) is 0 Å². The normalized spacial score (nSPS) is 12.7. The molecule has 0 saturated carbocycles.